The van der Waals surface area contributed by atoms with E-state index in [4.69, 9.17) is 25.8 Å². The second-order valence-corrected chi connectivity index (χ2v) is 5.16. The number of hydrogen-bond donors (Lipinski definition) is 0. The molecular weight excluding hydrogens is 311 g/mol. The van der Waals surface area contributed by atoms with Crippen LogP contribution in [0.25, 0.3) is 0 Å². The van der Waals surface area contributed by atoms with Gasteiger partial charge < -0.3 is 14.2 Å². The van der Waals surface area contributed by atoms with E-state index in [1.165, 1.54) is 18.2 Å². The molecule has 0 saturated heterocycles. The Bertz CT molecular complexity index is 717. The summed E-state index contributed by atoms with van der Waals surface area (Å²) in [5.74, 6) is -0.763. The summed E-state index contributed by atoms with van der Waals surface area (Å²) in [7, 11) is 0. The van der Waals surface area contributed by atoms with Gasteiger partial charge in [0, 0.05) is 16.1 Å². The van der Waals surface area contributed by atoms with Gasteiger partial charge in [0.25, 0.3) is 0 Å². The zero-order chi connectivity index (χ0) is 15.5. The van der Waals surface area contributed by atoms with E-state index < -0.39 is 11.8 Å². The Hall–Kier alpha value is -2.11. The maximum atomic E-state index is 13.5. The molecule has 0 saturated carbocycles. The molecule has 4 nitrogen and oxygen atoms in total. The Labute approximate surface area is 131 Å². The Kier molecular flexibility index (Phi) is 4.27. The van der Waals surface area contributed by atoms with Gasteiger partial charge >= 0.3 is 5.97 Å². The summed E-state index contributed by atoms with van der Waals surface area (Å²) >= 11 is 6.03. The number of esters is 1. The second kappa shape index (κ2) is 6.34. The molecule has 0 radical (unpaired) electrons. The SMILES string of the molecule is O=C(OCc1cc(Cl)cc2c1OCOC2)c1ccccc1F. The molecule has 22 heavy (non-hydrogen) atoms. The lowest BCUT2D eigenvalue weighted by Gasteiger charge is -2.21. The van der Waals surface area contributed by atoms with Gasteiger partial charge in [-0.3, -0.25) is 0 Å². The average Bonchev–Trinajstić information content (AvgIpc) is 2.52. The van der Waals surface area contributed by atoms with Gasteiger partial charge in [-0.05, 0) is 24.3 Å². The van der Waals surface area contributed by atoms with E-state index in [0.717, 1.165) is 5.56 Å². The number of rotatable bonds is 3. The quantitative estimate of drug-likeness (QED) is 0.808. The topological polar surface area (TPSA) is 44.8 Å². The van der Waals surface area contributed by atoms with Crippen LogP contribution in [0.3, 0.4) is 0 Å². The second-order valence-electron chi connectivity index (χ2n) is 4.72. The molecule has 0 N–H and O–H groups in total. The minimum atomic E-state index is -0.737. The van der Waals surface area contributed by atoms with Crippen molar-refractivity contribution in [2.24, 2.45) is 0 Å². The lowest BCUT2D eigenvalue weighted by atomic mass is 10.1. The van der Waals surface area contributed by atoms with E-state index in [9.17, 15) is 9.18 Å². The molecular formula is C16H12ClFO4. The fourth-order valence-electron chi connectivity index (χ4n) is 2.21. The normalized spacial score (nSPS) is 13.2. The lowest BCUT2D eigenvalue weighted by molar-refractivity contribution is -0.0180. The van der Waals surface area contributed by atoms with Crippen LogP contribution >= 0.6 is 11.6 Å². The van der Waals surface area contributed by atoms with E-state index >= 15 is 0 Å². The van der Waals surface area contributed by atoms with Crippen LogP contribution in [0, 0.1) is 5.82 Å². The van der Waals surface area contributed by atoms with Crippen LogP contribution in [0.1, 0.15) is 21.5 Å². The third kappa shape index (κ3) is 3.05. The number of fused-ring (bicyclic) bond motifs is 1. The molecule has 0 spiro atoms. The molecule has 0 fully saturated rings. The zero-order valence-corrected chi connectivity index (χ0v) is 12.2. The number of carbonyl (C=O) groups is 1. The number of carbonyl (C=O) groups excluding carboxylic acids is 1. The fraction of sp³-hybridized carbons (Fsp3) is 0.188. The molecule has 3 rings (SSSR count). The Balaban J connectivity index is 1.78. The highest BCUT2D eigenvalue weighted by molar-refractivity contribution is 6.30. The molecule has 114 valence electrons. The van der Waals surface area contributed by atoms with Crippen molar-refractivity contribution in [3.8, 4) is 5.75 Å². The average molecular weight is 323 g/mol. The smallest absolute Gasteiger partial charge is 0.341 e. The molecule has 1 aliphatic rings. The maximum Gasteiger partial charge on any atom is 0.341 e. The van der Waals surface area contributed by atoms with Crippen molar-refractivity contribution in [3.05, 3.63) is 63.9 Å². The molecule has 0 bridgehead atoms. The minimum Gasteiger partial charge on any atom is -0.467 e. The van der Waals surface area contributed by atoms with Gasteiger partial charge in [0.15, 0.2) is 6.79 Å². The third-order valence-electron chi connectivity index (χ3n) is 3.20. The van der Waals surface area contributed by atoms with Gasteiger partial charge in [0.05, 0.1) is 12.2 Å². The van der Waals surface area contributed by atoms with Crippen molar-refractivity contribution in [1.82, 2.24) is 0 Å². The number of benzene rings is 2. The summed E-state index contributed by atoms with van der Waals surface area (Å²) < 4.78 is 29.3. The monoisotopic (exact) mass is 322 g/mol. The molecule has 0 aliphatic carbocycles. The molecule has 0 atom stereocenters. The Morgan fingerprint density at radius 2 is 2.14 bits per heavy atom. The summed E-state index contributed by atoms with van der Waals surface area (Å²) in [5, 5.41) is 0.491. The van der Waals surface area contributed by atoms with Crippen molar-refractivity contribution >= 4 is 17.6 Å². The van der Waals surface area contributed by atoms with E-state index in [-0.39, 0.29) is 19.0 Å². The predicted octanol–water partition coefficient (Wildman–Crippen LogP) is 3.70. The first-order valence-electron chi connectivity index (χ1n) is 6.58. The molecule has 0 aromatic heterocycles. The van der Waals surface area contributed by atoms with E-state index in [1.54, 1.807) is 18.2 Å². The molecule has 1 aliphatic heterocycles. The number of ether oxygens (including phenoxy) is 3. The first kappa shape index (κ1) is 14.8. The van der Waals surface area contributed by atoms with Crippen molar-refractivity contribution in [1.29, 1.82) is 0 Å². The summed E-state index contributed by atoms with van der Waals surface area (Å²) in [6.45, 7) is 0.448. The van der Waals surface area contributed by atoms with Crippen LogP contribution in [0.15, 0.2) is 36.4 Å². The number of halogens is 2. The highest BCUT2D eigenvalue weighted by Crippen LogP contribution is 2.32. The van der Waals surface area contributed by atoms with Gasteiger partial charge in [-0.15, -0.1) is 0 Å². The highest BCUT2D eigenvalue weighted by atomic mass is 35.5. The maximum absolute atomic E-state index is 13.5. The van der Waals surface area contributed by atoms with Crippen molar-refractivity contribution in [3.63, 3.8) is 0 Å². The Morgan fingerprint density at radius 1 is 1.32 bits per heavy atom. The van der Waals surface area contributed by atoms with Crippen LogP contribution in [0.2, 0.25) is 5.02 Å². The summed E-state index contributed by atoms with van der Waals surface area (Å²) in [6, 6.07) is 9.04. The highest BCUT2D eigenvalue weighted by Gasteiger charge is 2.19. The standard InChI is InChI=1S/C16H12ClFO4/c17-12-5-10-7-20-9-22-15(10)11(6-12)8-21-16(19)13-3-1-2-4-14(13)18/h1-6H,7-9H2. The largest absolute Gasteiger partial charge is 0.467 e. The fourth-order valence-corrected chi connectivity index (χ4v) is 2.48. The van der Waals surface area contributed by atoms with Crippen LogP contribution in [0.5, 0.6) is 5.75 Å². The van der Waals surface area contributed by atoms with Crippen LogP contribution in [-0.4, -0.2) is 12.8 Å². The lowest BCUT2D eigenvalue weighted by Crippen LogP contribution is -2.14. The third-order valence-corrected chi connectivity index (χ3v) is 3.42. The summed E-state index contributed by atoms with van der Waals surface area (Å²) in [4.78, 5) is 11.9. The minimum absolute atomic E-state index is 0.0595. The van der Waals surface area contributed by atoms with Crippen molar-refractivity contribution in [2.75, 3.05) is 6.79 Å². The van der Waals surface area contributed by atoms with E-state index in [1.807, 2.05) is 0 Å². The molecule has 2 aromatic carbocycles. The molecule has 6 heteroatoms. The van der Waals surface area contributed by atoms with E-state index in [0.29, 0.717) is 22.9 Å². The van der Waals surface area contributed by atoms with Crippen LogP contribution in [0.4, 0.5) is 4.39 Å². The molecule has 1 heterocycles. The van der Waals surface area contributed by atoms with Crippen LogP contribution in [-0.2, 0) is 22.7 Å². The molecule has 0 unspecified atom stereocenters. The predicted molar refractivity (Wildman–Crippen MR) is 77.3 cm³/mol. The van der Waals surface area contributed by atoms with Gasteiger partial charge in [0.2, 0.25) is 0 Å². The van der Waals surface area contributed by atoms with Crippen molar-refractivity contribution < 1.29 is 23.4 Å². The molecule has 0 amide bonds. The summed E-state index contributed by atoms with van der Waals surface area (Å²) in [6.07, 6.45) is 0. The summed E-state index contributed by atoms with van der Waals surface area (Å²) in [5.41, 5.74) is 1.30. The number of hydrogen-bond acceptors (Lipinski definition) is 4. The van der Waals surface area contributed by atoms with Gasteiger partial charge in [0.1, 0.15) is 18.2 Å². The Morgan fingerprint density at radius 3 is 2.95 bits per heavy atom. The first-order chi connectivity index (χ1) is 10.6. The van der Waals surface area contributed by atoms with Gasteiger partial charge in [-0.1, -0.05) is 23.7 Å². The first-order valence-corrected chi connectivity index (χ1v) is 6.96. The van der Waals surface area contributed by atoms with Gasteiger partial charge in [-0.2, -0.15) is 0 Å². The van der Waals surface area contributed by atoms with Gasteiger partial charge in [-0.25, -0.2) is 9.18 Å². The molecule has 2 aromatic rings. The van der Waals surface area contributed by atoms with Crippen molar-refractivity contribution in [2.45, 2.75) is 13.2 Å². The zero-order valence-electron chi connectivity index (χ0n) is 11.5. The van der Waals surface area contributed by atoms with Crippen LogP contribution < -0.4 is 4.74 Å². The van der Waals surface area contributed by atoms with E-state index in [2.05, 4.69) is 0 Å².